The van der Waals surface area contributed by atoms with Crippen LogP contribution in [-0.2, 0) is 14.6 Å². The lowest BCUT2D eigenvalue weighted by Crippen LogP contribution is -2.42. The van der Waals surface area contributed by atoms with Gasteiger partial charge in [-0.05, 0) is 24.0 Å². The predicted molar refractivity (Wildman–Crippen MR) is 105 cm³/mol. The fourth-order valence-corrected chi connectivity index (χ4v) is 3.52. The Morgan fingerprint density at radius 2 is 1.46 bits per heavy atom. The number of carbonyl (C=O) groups is 1. The third-order valence-electron chi connectivity index (χ3n) is 4.27. The molecule has 1 unspecified atom stereocenters. The van der Waals surface area contributed by atoms with Crippen molar-refractivity contribution < 1.29 is 13.2 Å². The van der Waals surface area contributed by atoms with Crippen molar-refractivity contribution in [2.75, 3.05) is 18.6 Å². The van der Waals surface area contributed by atoms with Gasteiger partial charge in [0.05, 0.1) is 11.8 Å². The summed E-state index contributed by atoms with van der Waals surface area (Å²) >= 11 is 0. The van der Waals surface area contributed by atoms with Gasteiger partial charge in [-0.3, -0.25) is 4.79 Å². The summed E-state index contributed by atoms with van der Waals surface area (Å²) in [5, 5.41) is 2.83. The van der Waals surface area contributed by atoms with Crippen molar-refractivity contribution in [1.29, 1.82) is 0 Å². The Morgan fingerprint density at radius 3 is 1.92 bits per heavy atom. The molecule has 0 spiro atoms. The predicted octanol–water partition coefficient (Wildman–Crippen LogP) is 2.09. The lowest BCUT2D eigenvalue weighted by molar-refractivity contribution is -0.122. The fraction of sp³-hybridized carbons (Fsp3) is 0.350. The van der Waals surface area contributed by atoms with Crippen molar-refractivity contribution in [1.82, 2.24) is 5.32 Å². The average Bonchev–Trinajstić information content (AvgIpc) is 2.64. The summed E-state index contributed by atoms with van der Waals surface area (Å²) in [5.74, 6) is -0.225. The molecule has 0 aromatic heterocycles. The maximum absolute atomic E-state index is 12.1. The smallest absolute Gasteiger partial charge is 0.236 e. The van der Waals surface area contributed by atoms with Crippen molar-refractivity contribution >= 4 is 15.7 Å². The van der Waals surface area contributed by atoms with Gasteiger partial charge in [0.25, 0.3) is 0 Å². The van der Waals surface area contributed by atoms with Gasteiger partial charge in [0.2, 0.25) is 5.91 Å². The normalized spacial score (nSPS) is 12.7. The van der Waals surface area contributed by atoms with Gasteiger partial charge in [-0.15, -0.1) is 0 Å². The Kier molecular flexibility index (Phi) is 7.36. The summed E-state index contributed by atoms with van der Waals surface area (Å²) in [6.45, 7) is 0.472. The Balaban J connectivity index is 1.94. The van der Waals surface area contributed by atoms with Gasteiger partial charge in [-0.25, -0.2) is 8.42 Å². The molecular formula is C20H26N2O3S. The van der Waals surface area contributed by atoms with E-state index in [-0.39, 0.29) is 24.0 Å². The number of amides is 1. The average molecular weight is 375 g/mol. The van der Waals surface area contributed by atoms with E-state index in [9.17, 15) is 13.2 Å². The van der Waals surface area contributed by atoms with Crippen molar-refractivity contribution in [3.05, 3.63) is 71.8 Å². The van der Waals surface area contributed by atoms with E-state index in [0.29, 0.717) is 6.54 Å². The van der Waals surface area contributed by atoms with E-state index in [1.165, 1.54) is 11.1 Å². The number of hydrogen-bond acceptors (Lipinski definition) is 4. The minimum atomic E-state index is -3.12. The third-order valence-corrected chi connectivity index (χ3v) is 5.25. The summed E-state index contributed by atoms with van der Waals surface area (Å²) < 4.78 is 22.4. The molecule has 0 bridgehead atoms. The van der Waals surface area contributed by atoms with Crippen LogP contribution in [0.25, 0.3) is 0 Å². The first-order valence-electron chi connectivity index (χ1n) is 8.68. The monoisotopic (exact) mass is 374 g/mol. The molecule has 1 atom stereocenters. The lowest BCUT2D eigenvalue weighted by Gasteiger charge is -2.19. The van der Waals surface area contributed by atoms with Crippen LogP contribution < -0.4 is 11.1 Å². The standard InChI is InChI=1S/C20H26N2O3S/c1-26(24,25)15-13-19(21)20(23)22-14-12-18(16-8-4-2-5-9-16)17-10-6-3-7-11-17/h2-11,18-19H,12-15,21H2,1H3,(H,22,23). The zero-order valence-electron chi connectivity index (χ0n) is 15.0. The largest absolute Gasteiger partial charge is 0.355 e. The number of carbonyl (C=O) groups excluding carboxylic acids is 1. The number of nitrogens with two attached hydrogens (primary N) is 1. The molecule has 0 aliphatic carbocycles. The van der Waals surface area contributed by atoms with Crippen LogP contribution in [0.15, 0.2) is 60.7 Å². The van der Waals surface area contributed by atoms with Crippen LogP contribution in [0.5, 0.6) is 0 Å². The lowest BCUT2D eigenvalue weighted by atomic mass is 9.88. The molecule has 6 heteroatoms. The van der Waals surface area contributed by atoms with Crippen molar-refractivity contribution in [2.24, 2.45) is 5.73 Å². The second-order valence-corrected chi connectivity index (χ2v) is 8.74. The molecule has 2 aromatic rings. The molecule has 5 nitrogen and oxygen atoms in total. The zero-order valence-corrected chi connectivity index (χ0v) is 15.8. The van der Waals surface area contributed by atoms with E-state index in [1.807, 2.05) is 36.4 Å². The summed E-state index contributed by atoms with van der Waals surface area (Å²) in [7, 11) is -3.12. The molecule has 2 aromatic carbocycles. The maximum atomic E-state index is 12.1. The Labute approximate surface area is 155 Å². The molecule has 0 aliphatic rings. The van der Waals surface area contributed by atoms with Crippen LogP contribution in [-0.4, -0.2) is 38.9 Å². The van der Waals surface area contributed by atoms with Crippen LogP contribution in [0.2, 0.25) is 0 Å². The van der Waals surface area contributed by atoms with Gasteiger partial charge in [0.15, 0.2) is 0 Å². The highest BCUT2D eigenvalue weighted by atomic mass is 32.2. The van der Waals surface area contributed by atoms with Crippen LogP contribution >= 0.6 is 0 Å². The van der Waals surface area contributed by atoms with E-state index in [4.69, 9.17) is 5.73 Å². The van der Waals surface area contributed by atoms with Crippen molar-refractivity contribution in [2.45, 2.75) is 24.8 Å². The Morgan fingerprint density at radius 1 is 0.962 bits per heavy atom. The summed E-state index contributed by atoms with van der Waals surface area (Å²) in [6, 6.07) is 19.5. The van der Waals surface area contributed by atoms with Gasteiger partial charge in [-0.1, -0.05) is 60.7 Å². The highest BCUT2D eigenvalue weighted by Gasteiger charge is 2.17. The Hall–Kier alpha value is -2.18. The number of hydrogen-bond donors (Lipinski definition) is 2. The number of benzene rings is 2. The second-order valence-electron chi connectivity index (χ2n) is 6.48. The van der Waals surface area contributed by atoms with Gasteiger partial charge >= 0.3 is 0 Å². The van der Waals surface area contributed by atoms with Gasteiger partial charge < -0.3 is 11.1 Å². The molecule has 0 radical (unpaired) electrons. The summed E-state index contributed by atoms with van der Waals surface area (Å²) in [5.41, 5.74) is 8.17. The molecule has 0 aliphatic heterocycles. The van der Waals surface area contributed by atoms with Crippen LogP contribution in [0, 0.1) is 0 Å². The Bertz CT molecular complexity index is 753. The minimum Gasteiger partial charge on any atom is -0.355 e. The molecule has 2 rings (SSSR count). The van der Waals surface area contributed by atoms with E-state index >= 15 is 0 Å². The first kappa shape index (κ1) is 20.1. The molecule has 0 saturated carbocycles. The number of nitrogens with one attached hydrogen (secondary N) is 1. The van der Waals surface area contributed by atoms with E-state index in [0.717, 1.165) is 12.7 Å². The maximum Gasteiger partial charge on any atom is 0.236 e. The first-order valence-corrected chi connectivity index (χ1v) is 10.7. The minimum absolute atomic E-state index is 0.0851. The first-order chi connectivity index (χ1) is 12.4. The topological polar surface area (TPSA) is 89.3 Å². The van der Waals surface area contributed by atoms with Crippen LogP contribution in [0.1, 0.15) is 29.9 Å². The zero-order chi connectivity index (χ0) is 19.0. The van der Waals surface area contributed by atoms with Crippen molar-refractivity contribution in [3.8, 4) is 0 Å². The molecule has 0 fully saturated rings. The van der Waals surface area contributed by atoms with Crippen LogP contribution in [0.4, 0.5) is 0 Å². The highest BCUT2D eigenvalue weighted by molar-refractivity contribution is 7.90. The quantitative estimate of drug-likeness (QED) is 0.703. The van der Waals surface area contributed by atoms with E-state index in [2.05, 4.69) is 29.6 Å². The van der Waals surface area contributed by atoms with Crippen LogP contribution in [0.3, 0.4) is 0 Å². The van der Waals surface area contributed by atoms with Gasteiger partial charge in [0, 0.05) is 18.7 Å². The molecule has 140 valence electrons. The van der Waals surface area contributed by atoms with Gasteiger partial charge in [-0.2, -0.15) is 0 Å². The molecular weight excluding hydrogens is 348 g/mol. The second kappa shape index (κ2) is 9.50. The summed E-state index contributed by atoms with van der Waals surface area (Å²) in [4.78, 5) is 12.1. The van der Waals surface area contributed by atoms with Crippen molar-refractivity contribution in [3.63, 3.8) is 0 Å². The fourth-order valence-electron chi connectivity index (χ4n) is 2.84. The molecule has 0 saturated heterocycles. The third kappa shape index (κ3) is 6.61. The highest BCUT2D eigenvalue weighted by Crippen LogP contribution is 2.27. The molecule has 0 heterocycles. The van der Waals surface area contributed by atoms with E-state index < -0.39 is 15.9 Å². The number of rotatable bonds is 9. The molecule has 3 N–H and O–H groups in total. The SMILES string of the molecule is CS(=O)(=O)CCC(N)C(=O)NCCC(c1ccccc1)c1ccccc1. The summed E-state index contributed by atoms with van der Waals surface area (Å²) in [6.07, 6.45) is 2.01. The molecule has 1 amide bonds. The van der Waals surface area contributed by atoms with Gasteiger partial charge in [0.1, 0.15) is 9.84 Å². The number of sulfone groups is 1. The van der Waals surface area contributed by atoms with E-state index in [1.54, 1.807) is 0 Å². The molecule has 26 heavy (non-hydrogen) atoms.